The molecule has 5 nitrogen and oxygen atoms in total. The van der Waals surface area contributed by atoms with Gasteiger partial charge in [0.2, 0.25) is 5.91 Å². The number of amides is 2. The van der Waals surface area contributed by atoms with E-state index in [2.05, 4.69) is 12.2 Å². The first-order valence-electron chi connectivity index (χ1n) is 11.6. The van der Waals surface area contributed by atoms with Crippen LogP contribution >= 0.6 is 11.6 Å². The maximum atomic E-state index is 13.5. The second-order valence-electron chi connectivity index (χ2n) is 8.08. The SMILES string of the molecule is CCCCNC(=O)[C@H](Cc1ccccc1)N(Cc1ccccc1)C(=O)COc1ccccc1Cl. The second kappa shape index (κ2) is 13.4. The van der Waals surface area contributed by atoms with Crippen LogP contribution in [0.25, 0.3) is 0 Å². The van der Waals surface area contributed by atoms with E-state index in [1.54, 1.807) is 29.2 Å². The molecule has 0 saturated heterocycles. The van der Waals surface area contributed by atoms with E-state index >= 15 is 0 Å². The van der Waals surface area contributed by atoms with Crippen LogP contribution in [0.1, 0.15) is 30.9 Å². The third-order valence-electron chi connectivity index (χ3n) is 5.48. The van der Waals surface area contributed by atoms with E-state index in [9.17, 15) is 9.59 Å². The average molecular weight is 479 g/mol. The number of halogens is 1. The zero-order valence-corrected chi connectivity index (χ0v) is 20.2. The number of nitrogens with one attached hydrogen (secondary N) is 1. The van der Waals surface area contributed by atoms with E-state index in [4.69, 9.17) is 16.3 Å². The molecule has 3 rings (SSSR count). The maximum Gasteiger partial charge on any atom is 0.261 e. The van der Waals surface area contributed by atoms with Crippen molar-refractivity contribution < 1.29 is 14.3 Å². The Labute approximate surface area is 206 Å². The van der Waals surface area contributed by atoms with Crippen molar-refractivity contribution >= 4 is 23.4 Å². The van der Waals surface area contributed by atoms with Crippen molar-refractivity contribution in [2.75, 3.05) is 13.2 Å². The molecule has 0 spiro atoms. The van der Waals surface area contributed by atoms with Gasteiger partial charge in [0.1, 0.15) is 11.8 Å². The standard InChI is InChI=1S/C28H31ClN2O3/c1-2-3-18-30-28(33)25(19-22-12-6-4-7-13-22)31(20-23-14-8-5-9-15-23)27(32)21-34-26-17-11-10-16-24(26)29/h4-17,25H,2-3,18-21H2,1H3,(H,30,33)/t25-/m0/s1. The minimum Gasteiger partial charge on any atom is -0.482 e. The van der Waals surface area contributed by atoms with Crippen molar-refractivity contribution in [1.82, 2.24) is 10.2 Å². The van der Waals surface area contributed by atoms with Crippen molar-refractivity contribution in [3.63, 3.8) is 0 Å². The van der Waals surface area contributed by atoms with Gasteiger partial charge in [-0.15, -0.1) is 0 Å². The van der Waals surface area contributed by atoms with Crippen molar-refractivity contribution in [2.24, 2.45) is 0 Å². The van der Waals surface area contributed by atoms with E-state index < -0.39 is 6.04 Å². The molecular formula is C28H31ClN2O3. The van der Waals surface area contributed by atoms with Gasteiger partial charge in [-0.3, -0.25) is 9.59 Å². The highest BCUT2D eigenvalue weighted by atomic mass is 35.5. The van der Waals surface area contributed by atoms with Crippen LogP contribution in [0.4, 0.5) is 0 Å². The molecule has 3 aromatic rings. The zero-order valence-electron chi connectivity index (χ0n) is 19.5. The first-order valence-corrected chi connectivity index (χ1v) is 12.0. The lowest BCUT2D eigenvalue weighted by Gasteiger charge is -2.31. The number of benzene rings is 3. The Morgan fingerprint density at radius 2 is 1.53 bits per heavy atom. The smallest absolute Gasteiger partial charge is 0.261 e. The van der Waals surface area contributed by atoms with Crippen molar-refractivity contribution in [3.05, 3.63) is 101 Å². The van der Waals surface area contributed by atoms with Gasteiger partial charge in [0.15, 0.2) is 6.61 Å². The van der Waals surface area contributed by atoms with E-state index in [0.717, 1.165) is 24.0 Å². The molecule has 0 unspecified atom stereocenters. The first-order chi connectivity index (χ1) is 16.6. The van der Waals surface area contributed by atoms with Crippen LogP contribution in [0.15, 0.2) is 84.9 Å². The molecule has 3 aromatic carbocycles. The Balaban J connectivity index is 1.86. The highest BCUT2D eigenvalue weighted by Gasteiger charge is 2.30. The topological polar surface area (TPSA) is 58.6 Å². The molecule has 0 aliphatic carbocycles. The fourth-order valence-corrected chi connectivity index (χ4v) is 3.81. The van der Waals surface area contributed by atoms with Crippen molar-refractivity contribution in [3.8, 4) is 5.75 Å². The Bertz CT molecular complexity index is 1040. The number of ether oxygens (including phenoxy) is 1. The molecule has 0 saturated carbocycles. The Morgan fingerprint density at radius 3 is 2.18 bits per heavy atom. The summed E-state index contributed by atoms with van der Waals surface area (Å²) in [6.45, 7) is 2.73. The summed E-state index contributed by atoms with van der Waals surface area (Å²) in [5.41, 5.74) is 1.92. The third kappa shape index (κ3) is 7.63. The molecule has 2 amide bonds. The molecule has 1 N–H and O–H groups in total. The summed E-state index contributed by atoms with van der Waals surface area (Å²) in [5, 5.41) is 3.45. The summed E-state index contributed by atoms with van der Waals surface area (Å²) in [5.74, 6) is -0.0149. The van der Waals surface area contributed by atoms with Gasteiger partial charge in [-0.05, 0) is 29.7 Å². The van der Waals surface area contributed by atoms with Crippen LogP contribution < -0.4 is 10.1 Å². The van der Waals surface area contributed by atoms with Crippen LogP contribution in [0.5, 0.6) is 5.75 Å². The Kier molecular flexibility index (Phi) is 9.98. The molecule has 0 aliphatic rings. The van der Waals surface area contributed by atoms with Crippen LogP contribution in [-0.4, -0.2) is 35.9 Å². The van der Waals surface area contributed by atoms with E-state index in [-0.39, 0.29) is 18.4 Å². The number of hydrogen-bond donors (Lipinski definition) is 1. The van der Waals surface area contributed by atoms with E-state index in [1.807, 2.05) is 60.7 Å². The predicted molar refractivity (Wildman–Crippen MR) is 136 cm³/mol. The number of carbonyl (C=O) groups excluding carboxylic acids is 2. The average Bonchev–Trinajstić information content (AvgIpc) is 2.87. The number of nitrogens with zero attached hydrogens (tertiary/aromatic N) is 1. The minimum atomic E-state index is -0.679. The molecule has 178 valence electrons. The van der Waals surface area contributed by atoms with E-state index in [0.29, 0.717) is 30.3 Å². The van der Waals surface area contributed by atoms with Gasteiger partial charge >= 0.3 is 0 Å². The molecule has 0 radical (unpaired) electrons. The van der Waals surface area contributed by atoms with Gasteiger partial charge in [-0.1, -0.05) is 97.7 Å². The fraction of sp³-hybridized carbons (Fsp3) is 0.286. The van der Waals surface area contributed by atoms with Gasteiger partial charge in [-0.2, -0.15) is 0 Å². The molecule has 6 heteroatoms. The Morgan fingerprint density at radius 1 is 0.912 bits per heavy atom. The summed E-state index contributed by atoms with van der Waals surface area (Å²) in [4.78, 5) is 28.4. The summed E-state index contributed by atoms with van der Waals surface area (Å²) in [6, 6.07) is 25.8. The lowest BCUT2D eigenvalue weighted by atomic mass is 10.0. The first kappa shape index (κ1) is 25.3. The molecule has 0 fully saturated rings. The summed E-state index contributed by atoms with van der Waals surface area (Å²) in [6.07, 6.45) is 2.26. The summed E-state index contributed by atoms with van der Waals surface area (Å²) >= 11 is 6.19. The Hall–Kier alpha value is -3.31. The van der Waals surface area contributed by atoms with Crippen molar-refractivity contribution in [2.45, 2.75) is 38.8 Å². The monoisotopic (exact) mass is 478 g/mol. The highest BCUT2D eigenvalue weighted by molar-refractivity contribution is 6.32. The molecular weight excluding hydrogens is 448 g/mol. The quantitative estimate of drug-likeness (QED) is 0.360. The van der Waals surface area contributed by atoms with Gasteiger partial charge in [0.25, 0.3) is 5.91 Å². The highest BCUT2D eigenvalue weighted by Crippen LogP contribution is 2.23. The second-order valence-corrected chi connectivity index (χ2v) is 8.48. The van der Waals surface area contributed by atoms with Gasteiger partial charge < -0.3 is 15.0 Å². The zero-order chi connectivity index (χ0) is 24.2. The van der Waals surface area contributed by atoms with Gasteiger partial charge in [-0.25, -0.2) is 0 Å². The van der Waals surface area contributed by atoms with Gasteiger partial charge in [0, 0.05) is 19.5 Å². The third-order valence-corrected chi connectivity index (χ3v) is 5.80. The molecule has 34 heavy (non-hydrogen) atoms. The van der Waals surface area contributed by atoms with Crippen LogP contribution in [0.3, 0.4) is 0 Å². The maximum absolute atomic E-state index is 13.5. The molecule has 0 heterocycles. The number of rotatable bonds is 12. The molecule has 0 bridgehead atoms. The predicted octanol–water partition coefficient (Wildman–Crippen LogP) is 5.28. The number of carbonyl (C=O) groups is 2. The minimum absolute atomic E-state index is 0.167. The largest absolute Gasteiger partial charge is 0.482 e. The lowest BCUT2D eigenvalue weighted by molar-refractivity contribution is -0.142. The van der Waals surface area contributed by atoms with E-state index in [1.165, 1.54) is 0 Å². The molecule has 0 aromatic heterocycles. The number of hydrogen-bond acceptors (Lipinski definition) is 3. The molecule has 0 aliphatic heterocycles. The number of unbranched alkanes of at least 4 members (excludes halogenated alkanes) is 1. The summed E-state index contributed by atoms with van der Waals surface area (Å²) in [7, 11) is 0. The fourth-order valence-electron chi connectivity index (χ4n) is 3.62. The lowest BCUT2D eigenvalue weighted by Crippen LogP contribution is -2.51. The number of para-hydroxylation sites is 1. The van der Waals surface area contributed by atoms with Crippen molar-refractivity contribution in [1.29, 1.82) is 0 Å². The van der Waals surface area contributed by atoms with Crippen LogP contribution in [-0.2, 0) is 22.6 Å². The summed E-state index contributed by atoms with van der Waals surface area (Å²) < 4.78 is 5.74. The van der Waals surface area contributed by atoms with Crippen LogP contribution in [0, 0.1) is 0 Å². The van der Waals surface area contributed by atoms with Gasteiger partial charge in [0.05, 0.1) is 5.02 Å². The molecule has 1 atom stereocenters. The normalized spacial score (nSPS) is 11.5. The van der Waals surface area contributed by atoms with Crippen LogP contribution in [0.2, 0.25) is 5.02 Å².